The molecule has 1 aromatic carbocycles. The van der Waals surface area contributed by atoms with E-state index in [0.717, 1.165) is 4.79 Å². The van der Waals surface area contributed by atoms with Crippen LogP contribution in [0, 0.1) is 0 Å². The topological polar surface area (TPSA) is 0 Å². The first kappa shape index (κ1) is 38.0. The second-order valence-electron chi connectivity index (χ2n) is 20.3. The van der Waals surface area contributed by atoms with Crippen LogP contribution in [0.15, 0.2) is 30.3 Å². The molecule has 233 valence electrons. The summed E-state index contributed by atoms with van der Waals surface area (Å²) in [6.07, 6.45) is 0. The predicted octanol–water partition coefficient (Wildman–Crippen LogP) is 11.8. The van der Waals surface area contributed by atoms with E-state index in [1.807, 2.05) is 0 Å². The Kier molecular flexibility index (Phi) is 9.93. The van der Waals surface area contributed by atoms with Crippen LogP contribution in [-0.2, 0) is 3.49 Å². The Morgan fingerprint density at radius 2 is 0.780 bits per heavy atom. The Morgan fingerprint density at radius 1 is 0.512 bits per heavy atom. The van der Waals surface area contributed by atoms with Gasteiger partial charge >= 0.3 is 275 Å². The van der Waals surface area contributed by atoms with Gasteiger partial charge in [0, 0.05) is 0 Å². The van der Waals surface area contributed by atoms with Crippen molar-refractivity contribution in [2.24, 2.45) is 0 Å². The fourth-order valence-corrected chi connectivity index (χ4v) is 102. The molecule has 6 heteroatoms. The monoisotopic (exact) mass is 703 g/mol. The van der Waals surface area contributed by atoms with Crippen LogP contribution in [-0.4, -0.2) is 56.4 Å². The summed E-state index contributed by atoms with van der Waals surface area (Å²) in [4.78, 5) is 0.993. The summed E-state index contributed by atoms with van der Waals surface area (Å²) in [7, 11) is -7.27. The van der Waals surface area contributed by atoms with Crippen LogP contribution in [0.2, 0.25) is 54.7 Å². The third kappa shape index (κ3) is 5.40. The Balaban J connectivity index is 3.38. The van der Waals surface area contributed by atoms with Gasteiger partial charge in [0.2, 0.25) is 0 Å². The van der Waals surface area contributed by atoms with E-state index in [-0.39, 0.29) is 0 Å². The van der Waals surface area contributed by atoms with Crippen molar-refractivity contribution in [2.45, 2.75) is 183 Å². The zero-order valence-electron chi connectivity index (χ0n) is 31.5. The molecule has 0 atom stereocenters. The van der Waals surface area contributed by atoms with E-state index in [2.05, 4.69) is 191 Å². The summed E-state index contributed by atoms with van der Waals surface area (Å²) in [5, 5.41) is 2.13. The fraction of sp³-hybridized carbons (Fsp3) is 0.829. The molecule has 0 nitrogen and oxygen atoms in total. The molecule has 0 bridgehead atoms. The van der Waals surface area contributed by atoms with Gasteiger partial charge in [-0.05, 0) is 0 Å². The van der Waals surface area contributed by atoms with Gasteiger partial charge in [0.15, 0.2) is 0 Å². The van der Waals surface area contributed by atoms with Crippen molar-refractivity contribution < 1.29 is 0 Å². The molecule has 0 aromatic heterocycles. The second-order valence-corrected chi connectivity index (χ2v) is 56.3. The average molecular weight is 703 g/mol. The number of rotatable bonds is 4. The van der Waals surface area contributed by atoms with Gasteiger partial charge in [0.1, 0.15) is 0 Å². The van der Waals surface area contributed by atoms with E-state index in [1.54, 1.807) is 5.56 Å². The van der Waals surface area contributed by atoms with Crippen LogP contribution >= 0.6 is 0 Å². The third-order valence-electron chi connectivity index (χ3n) is 13.4. The Hall–Kier alpha value is 0.847. The van der Waals surface area contributed by atoms with Crippen LogP contribution < -0.4 is 0 Å². The Morgan fingerprint density at radius 3 is 1.00 bits per heavy atom. The molecule has 0 saturated carbocycles. The van der Waals surface area contributed by atoms with Crippen molar-refractivity contribution in [3.05, 3.63) is 35.9 Å². The number of hydrogen-bond donors (Lipinski definition) is 0. The third-order valence-corrected chi connectivity index (χ3v) is 78.4. The second kappa shape index (κ2) is 10.7. The summed E-state index contributed by atoms with van der Waals surface area (Å²) in [6.45, 7) is 56.7. The summed E-state index contributed by atoms with van der Waals surface area (Å²) >= 11 is 2.88. The standard InChI is InChI=1S/C35H69GeSi5/c1-29(2,3)39(19,30(4,5)6)28-37(40(20,31(7,8)9)32(10,11)12)35(36,27-25-23-22-24-26-27)38(28)41(21,33(13,14)15)34(16,17)18/h22-26,28H,1-21H3. The van der Waals surface area contributed by atoms with Crippen molar-refractivity contribution in [2.75, 3.05) is 0 Å². The van der Waals surface area contributed by atoms with Crippen molar-refractivity contribution >= 4 is 56.4 Å². The normalized spacial score (nSPS) is 23.5. The molecule has 1 saturated heterocycles. The van der Waals surface area contributed by atoms with Gasteiger partial charge in [-0.25, -0.2) is 0 Å². The molecule has 1 heterocycles. The molecule has 1 aromatic rings. The summed E-state index contributed by atoms with van der Waals surface area (Å²) in [6, 6.07) is 12.2. The SMILES string of the molecule is CC(C)(C)[Si](C)(C1[Si]([Si](C)(C(C)(C)C)C(C)(C)C)[C]([Ge])(c2ccccc2)[Si]1[Si](C)(C(C)(C)C)C(C)(C)C)C(C)(C)C. The molecule has 1 fully saturated rings. The minimum absolute atomic E-state index is 0.355. The van der Waals surface area contributed by atoms with Gasteiger partial charge in [-0.3, -0.25) is 0 Å². The first-order valence-electron chi connectivity index (χ1n) is 16.3. The van der Waals surface area contributed by atoms with Crippen LogP contribution in [0.4, 0.5) is 0 Å². The molecule has 41 heavy (non-hydrogen) atoms. The summed E-state index contributed by atoms with van der Waals surface area (Å²) in [5.41, 5.74) is 1.72. The maximum absolute atomic E-state index is 2.93. The summed E-state index contributed by atoms with van der Waals surface area (Å²) < 4.78 is 0.370. The Bertz CT molecular complexity index is 980. The molecular formula is C35H69GeSi5. The molecule has 0 aliphatic carbocycles. The van der Waals surface area contributed by atoms with E-state index >= 15 is 0 Å². The van der Waals surface area contributed by atoms with Gasteiger partial charge in [0.05, 0.1) is 0 Å². The van der Waals surface area contributed by atoms with E-state index in [9.17, 15) is 0 Å². The predicted molar refractivity (Wildman–Crippen MR) is 202 cm³/mol. The van der Waals surface area contributed by atoms with Crippen molar-refractivity contribution in [3.63, 3.8) is 0 Å². The number of hydrogen-bond acceptors (Lipinski definition) is 0. The molecule has 5 radical (unpaired) electrons. The zero-order chi connectivity index (χ0) is 32.8. The van der Waals surface area contributed by atoms with E-state index in [4.69, 9.17) is 0 Å². The van der Waals surface area contributed by atoms with Crippen molar-refractivity contribution in [1.82, 2.24) is 0 Å². The van der Waals surface area contributed by atoms with Gasteiger partial charge in [0.25, 0.3) is 0 Å². The molecule has 0 N–H and O–H groups in total. The first-order chi connectivity index (χ1) is 17.7. The Labute approximate surface area is 273 Å². The van der Waals surface area contributed by atoms with Gasteiger partial charge < -0.3 is 0 Å². The molecular weight excluding hydrogens is 633 g/mol. The molecule has 0 amide bonds. The van der Waals surface area contributed by atoms with Crippen LogP contribution in [0.25, 0.3) is 0 Å². The quantitative estimate of drug-likeness (QED) is 0.274. The molecule has 2 rings (SSSR count). The number of benzene rings is 1. The molecule has 0 spiro atoms. The minimum atomic E-state index is -1.89. The van der Waals surface area contributed by atoms with Crippen LogP contribution in [0.1, 0.15) is 130 Å². The van der Waals surface area contributed by atoms with Crippen LogP contribution in [0.5, 0.6) is 0 Å². The van der Waals surface area contributed by atoms with E-state index < -0.39 is 39.9 Å². The zero-order valence-corrected chi connectivity index (χ0v) is 38.6. The molecule has 1 aliphatic rings. The van der Waals surface area contributed by atoms with Gasteiger partial charge in [-0.2, -0.15) is 0 Å². The fourth-order valence-electron chi connectivity index (χ4n) is 9.41. The molecule has 0 unspecified atom stereocenters. The first-order valence-corrected chi connectivity index (χ1v) is 30.1. The van der Waals surface area contributed by atoms with Crippen molar-refractivity contribution in [1.29, 1.82) is 0 Å². The van der Waals surface area contributed by atoms with Gasteiger partial charge in [-0.1, -0.05) is 0 Å². The van der Waals surface area contributed by atoms with E-state index in [1.165, 1.54) is 0 Å². The van der Waals surface area contributed by atoms with Crippen molar-refractivity contribution in [3.8, 4) is 0 Å². The average Bonchev–Trinajstić information content (AvgIpc) is 2.72. The molecule has 1 aliphatic heterocycles. The maximum atomic E-state index is 2.93. The van der Waals surface area contributed by atoms with E-state index in [0.29, 0.717) is 33.7 Å². The van der Waals surface area contributed by atoms with Gasteiger partial charge in [-0.15, -0.1) is 0 Å². The van der Waals surface area contributed by atoms with Crippen LogP contribution in [0.3, 0.4) is 0 Å². The summed E-state index contributed by atoms with van der Waals surface area (Å²) in [5.74, 6) is 0.